The Hall–Kier alpha value is -3.97. The Balaban J connectivity index is 1.84. The molecule has 1 aliphatic rings. The number of carboxylic acids is 1. The molecule has 1 atom stereocenters. The molecular formula is C23H26N4O8S. The quantitative estimate of drug-likeness (QED) is 0.359. The Morgan fingerprint density at radius 1 is 1.25 bits per heavy atom. The molecule has 2 N–H and O–H groups in total. The molecule has 3 rings (SSSR count). The predicted molar refractivity (Wildman–Crippen MR) is 129 cm³/mol. The molecule has 0 saturated carbocycles. The van der Waals surface area contributed by atoms with Gasteiger partial charge in [-0.05, 0) is 43.2 Å². The zero-order valence-electron chi connectivity index (χ0n) is 19.9. The van der Waals surface area contributed by atoms with Crippen LogP contribution in [-0.4, -0.2) is 66.9 Å². The molecule has 0 bridgehead atoms. The van der Waals surface area contributed by atoms with E-state index in [1.165, 1.54) is 74.5 Å². The number of urea groups is 1. The lowest BCUT2D eigenvalue weighted by Gasteiger charge is -2.37. The number of nitrogens with one attached hydrogen (secondary N) is 1. The predicted octanol–water partition coefficient (Wildman–Crippen LogP) is 2.74. The van der Waals surface area contributed by atoms with Gasteiger partial charge in [0, 0.05) is 38.0 Å². The summed E-state index contributed by atoms with van der Waals surface area (Å²) in [4.78, 5) is 36.9. The van der Waals surface area contributed by atoms with E-state index in [1.807, 2.05) is 0 Å². The molecule has 0 saturated heterocycles. The van der Waals surface area contributed by atoms with Crippen LogP contribution in [0, 0.1) is 10.1 Å². The first-order valence-electron chi connectivity index (χ1n) is 10.8. The van der Waals surface area contributed by atoms with Crippen LogP contribution in [0.4, 0.5) is 10.5 Å². The summed E-state index contributed by atoms with van der Waals surface area (Å²) in [5.74, 6) is -0.773. The number of hydrogen-bond donors (Lipinski definition) is 2. The van der Waals surface area contributed by atoms with Crippen molar-refractivity contribution in [3.8, 4) is 5.75 Å². The van der Waals surface area contributed by atoms with Gasteiger partial charge < -0.3 is 20.1 Å². The van der Waals surface area contributed by atoms with E-state index in [1.54, 1.807) is 0 Å². The summed E-state index contributed by atoms with van der Waals surface area (Å²) < 4.78 is 32.0. The van der Waals surface area contributed by atoms with Crippen LogP contribution in [-0.2, 0) is 14.8 Å². The number of carboxylic acid groups (broad SMARTS) is 1. The van der Waals surface area contributed by atoms with Crippen molar-refractivity contribution in [1.29, 1.82) is 0 Å². The highest BCUT2D eigenvalue weighted by Crippen LogP contribution is 2.35. The summed E-state index contributed by atoms with van der Waals surface area (Å²) in [6.07, 6.45) is 0.177. The number of nitro groups is 1. The smallest absolute Gasteiger partial charge is 0.335 e. The van der Waals surface area contributed by atoms with Gasteiger partial charge in [0.1, 0.15) is 5.75 Å². The third-order valence-corrected chi connectivity index (χ3v) is 7.68. The van der Waals surface area contributed by atoms with Crippen molar-refractivity contribution in [3.63, 3.8) is 0 Å². The van der Waals surface area contributed by atoms with Gasteiger partial charge in [-0.15, -0.1) is 0 Å². The standard InChI is InChI=1S/C23H26N4O8S/c1-15-20(22(28)29)21(16-6-4-7-17(14-16)27(31)32)26(23(30)24-15)13-5-12-25(2)36(33,34)19-10-8-18(35-3)9-11-19/h4,6-11,14,21H,5,12-13H2,1-3H3,(H,24,30)(H,28,29). The maximum atomic E-state index is 12.9. The van der Waals surface area contributed by atoms with E-state index in [9.17, 15) is 33.2 Å². The number of nitrogens with zero attached hydrogens (tertiary/aromatic N) is 3. The lowest BCUT2D eigenvalue weighted by atomic mass is 9.93. The molecule has 0 spiro atoms. The molecule has 2 aromatic rings. The molecule has 192 valence electrons. The number of carbonyl (C=O) groups excluding carboxylic acids is 1. The molecule has 12 nitrogen and oxygen atoms in total. The van der Waals surface area contributed by atoms with Crippen LogP contribution < -0.4 is 10.1 Å². The van der Waals surface area contributed by atoms with Crippen molar-refractivity contribution in [3.05, 3.63) is 75.5 Å². The first-order valence-corrected chi connectivity index (χ1v) is 12.3. The number of non-ortho nitro benzene ring substituents is 1. The Bertz CT molecular complexity index is 1310. The van der Waals surface area contributed by atoms with Crippen molar-refractivity contribution in [1.82, 2.24) is 14.5 Å². The number of aliphatic carboxylic acids is 1. The second-order valence-electron chi connectivity index (χ2n) is 8.08. The largest absolute Gasteiger partial charge is 0.497 e. The van der Waals surface area contributed by atoms with E-state index < -0.39 is 33.0 Å². The van der Waals surface area contributed by atoms with Gasteiger partial charge in [0.05, 0.1) is 28.5 Å². The van der Waals surface area contributed by atoms with E-state index in [-0.39, 0.29) is 46.9 Å². The summed E-state index contributed by atoms with van der Waals surface area (Å²) in [5, 5.41) is 23.6. The first-order chi connectivity index (χ1) is 17.0. The fraction of sp³-hybridized carbons (Fsp3) is 0.304. The minimum Gasteiger partial charge on any atom is -0.497 e. The second-order valence-corrected chi connectivity index (χ2v) is 10.1. The number of nitro benzene ring substituents is 1. The number of ether oxygens (including phenoxy) is 1. The van der Waals surface area contributed by atoms with Gasteiger partial charge in [0.15, 0.2) is 0 Å². The summed E-state index contributed by atoms with van der Waals surface area (Å²) in [6, 6.07) is 9.66. The number of hydrogen-bond acceptors (Lipinski definition) is 7. The molecule has 2 amide bonds. The molecule has 36 heavy (non-hydrogen) atoms. The number of sulfonamides is 1. The van der Waals surface area contributed by atoms with E-state index in [2.05, 4.69) is 5.32 Å². The van der Waals surface area contributed by atoms with Crippen molar-refractivity contribution in [2.24, 2.45) is 0 Å². The maximum Gasteiger partial charge on any atom is 0.335 e. The van der Waals surface area contributed by atoms with Crippen LogP contribution >= 0.6 is 0 Å². The molecule has 2 aromatic carbocycles. The number of benzene rings is 2. The Kier molecular flexibility index (Phi) is 7.95. The van der Waals surface area contributed by atoms with Crippen molar-refractivity contribution in [2.45, 2.75) is 24.3 Å². The van der Waals surface area contributed by atoms with Crippen molar-refractivity contribution >= 4 is 27.7 Å². The van der Waals surface area contributed by atoms with E-state index in [0.29, 0.717) is 5.75 Å². The molecule has 13 heteroatoms. The summed E-state index contributed by atoms with van der Waals surface area (Å²) in [6.45, 7) is 1.47. The zero-order chi connectivity index (χ0) is 26.6. The minimum absolute atomic E-state index is 0.00821. The topological polar surface area (TPSA) is 159 Å². The van der Waals surface area contributed by atoms with Gasteiger partial charge in [-0.1, -0.05) is 12.1 Å². The lowest BCUT2D eigenvalue weighted by Crippen LogP contribution is -2.49. The van der Waals surface area contributed by atoms with Crippen molar-refractivity contribution < 1.29 is 32.8 Å². The monoisotopic (exact) mass is 518 g/mol. The fourth-order valence-electron chi connectivity index (χ4n) is 3.95. The van der Waals surface area contributed by atoms with Gasteiger partial charge >= 0.3 is 12.0 Å². The van der Waals surface area contributed by atoms with Crippen LogP contribution in [0.3, 0.4) is 0 Å². The number of methoxy groups -OCH3 is 1. The fourth-order valence-corrected chi connectivity index (χ4v) is 5.16. The normalized spacial score (nSPS) is 16.2. The number of carbonyl (C=O) groups is 2. The lowest BCUT2D eigenvalue weighted by molar-refractivity contribution is -0.384. The van der Waals surface area contributed by atoms with Crippen LogP contribution in [0.5, 0.6) is 5.75 Å². The highest BCUT2D eigenvalue weighted by molar-refractivity contribution is 7.89. The van der Waals surface area contributed by atoms with Crippen LogP contribution in [0.1, 0.15) is 24.9 Å². The molecule has 0 fully saturated rings. The second kappa shape index (κ2) is 10.7. The number of allylic oxidation sites excluding steroid dienone is 1. The molecule has 0 aliphatic carbocycles. The molecule has 1 unspecified atom stereocenters. The van der Waals surface area contributed by atoms with Gasteiger partial charge in [0.2, 0.25) is 10.0 Å². The van der Waals surface area contributed by atoms with Gasteiger partial charge in [0.25, 0.3) is 5.69 Å². The van der Waals surface area contributed by atoms with Gasteiger partial charge in [-0.25, -0.2) is 22.3 Å². The molecule has 0 radical (unpaired) electrons. The average Bonchev–Trinajstić information content (AvgIpc) is 2.84. The Morgan fingerprint density at radius 2 is 1.92 bits per heavy atom. The third kappa shape index (κ3) is 5.47. The molecular weight excluding hydrogens is 492 g/mol. The minimum atomic E-state index is -3.81. The Labute approximate surface area is 208 Å². The molecule has 1 aliphatic heterocycles. The van der Waals surface area contributed by atoms with Gasteiger partial charge in [-0.3, -0.25) is 10.1 Å². The van der Waals surface area contributed by atoms with E-state index in [4.69, 9.17) is 4.74 Å². The summed E-state index contributed by atoms with van der Waals surface area (Å²) in [7, 11) is -0.939. The summed E-state index contributed by atoms with van der Waals surface area (Å²) in [5.41, 5.74) is 0.00918. The molecule has 1 heterocycles. The van der Waals surface area contributed by atoms with E-state index in [0.717, 1.165) is 4.31 Å². The highest BCUT2D eigenvalue weighted by Gasteiger charge is 2.38. The molecule has 0 aromatic heterocycles. The van der Waals surface area contributed by atoms with Crippen molar-refractivity contribution in [2.75, 3.05) is 27.2 Å². The highest BCUT2D eigenvalue weighted by atomic mass is 32.2. The number of amides is 2. The first kappa shape index (κ1) is 26.6. The number of rotatable bonds is 10. The maximum absolute atomic E-state index is 12.9. The van der Waals surface area contributed by atoms with Crippen LogP contribution in [0.25, 0.3) is 0 Å². The third-order valence-electron chi connectivity index (χ3n) is 5.81. The average molecular weight is 519 g/mol. The summed E-state index contributed by atoms with van der Waals surface area (Å²) >= 11 is 0. The van der Waals surface area contributed by atoms with E-state index >= 15 is 0 Å². The van der Waals surface area contributed by atoms with Gasteiger partial charge in [-0.2, -0.15) is 0 Å². The zero-order valence-corrected chi connectivity index (χ0v) is 20.7. The van der Waals surface area contributed by atoms with Crippen LogP contribution in [0.2, 0.25) is 0 Å². The SMILES string of the molecule is COc1ccc(S(=O)(=O)N(C)CCCN2C(=O)NC(C)=C(C(=O)O)C2c2cccc([N+](=O)[O-])c2)cc1. The van der Waals surface area contributed by atoms with Crippen LogP contribution in [0.15, 0.2) is 64.7 Å². The Morgan fingerprint density at radius 3 is 2.50 bits per heavy atom.